The fourth-order valence-corrected chi connectivity index (χ4v) is 5.89. The summed E-state index contributed by atoms with van der Waals surface area (Å²) in [6.45, 7) is 13.6. The van der Waals surface area contributed by atoms with Crippen LogP contribution in [-0.4, -0.2) is 61.2 Å². The number of rotatable bonds is 16. The SMILES string of the molecule is CC(C)OC(=O)CNP(=O)(NCC=O)c1ccc(Oc2cc(OC(C)C)cc(C(=O)Nc3nccs3)c2)cc1.CCOC(C)C. The molecule has 2 aromatic carbocycles. The molecular formula is C31H43N4O8PS. The number of carbonyl (C=O) groups is 3. The minimum atomic E-state index is -3.53. The van der Waals surface area contributed by atoms with E-state index in [1.54, 1.807) is 67.9 Å². The highest BCUT2D eigenvalue weighted by Crippen LogP contribution is 2.35. The lowest BCUT2D eigenvalue weighted by atomic mass is 10.2. The molecule has 12 nitrogen and oxygen atoms in total. The van der Waals surface area contributed by atoms with Gasteiger partial charge in [0.05, 0.1) is 24.9 Å². The van der Waals surface area contributed by atoms with E-state index in [0.717, 1.165) is 6.61 Å². The van der Waals surface area contributed by atoms with Gasteiger partial charge >= 0.3 is 5.97 Å². The summed E-state index contributed by atoms with van der Waals surface area (Å²) in [5.74, 6) is 0.248. The lowest BCUT2D eigenvalue weighted by molar-refractivity contribution is -0.145. The van der Waals surface area contributed by atoms with Crippen molar-refractivity contribution in [3.8, 4) is 17.2 Å². The first kappa shape index (κ1) is 37.6. The standard InChI is InChI=1S/C26H31N4O7PS.C5H12O/c1-17(2)35-21-13-19(25(33)30-26-27-10-12-39-26)14-22(15-21)37-20-5-7-23(8-6-20)38(34,28-9-11-31)29-16-24(32)36-18(3)4;1-4-6-5(2)3/h5-8,10-15,17-18H,9,16H2,1-4H3,(H,27,30,33)(H2,28,29,34);5H,4H2,1-3H3. The van der Waals surface area contributed by atoms with Gasteiger partial charge in [-0.2, -0.15) is 0 Å². The monoisotopic (exact) mass is 662 g/mol. The van der Waals surface area contributed by atoms with Crippen LogP contribution in [0.15, 0.2) is 54.0 Å². The number of esters is 1. The van der Waals surface area contributed by atoms with E-state index in [-0.39, 0.29) is 31.2 Å². The van der Waals surface area contributed by atoms with Crippen molar-refractivity contribution in [3.05, 3.63) is 59.6 Å². The number of hydrogen-bond acceptors (Lipinski definition) is 10. The zero-order chi connectivity index (χ0) is 33.4. The predicted molar refractivity (Wildman–Crippen MR) is 176 cm³/mol. The number of hydrogen-bond donors (Lipinski definition) is 3. The second-order valence-electron chi connectivity index (χ2n) is 10.3. The van der Waals surface area contributed by atoms with Gasteiger partial charge < -0.3 is 23.7 Å². The maximum Gasteiger partial charge on any atom is 0.320 e. The molecule has 1 atom stereocenters. The molecule has 0 aliphatic rings. The van der Waals surface area contributed by atoms with Crippen molar-refractivity contribution >= 4 is 47.4 Å². The van der Waals surface area contributed by atoms with Crippen LogP contribution in [0.1, 0.15) is 58.8 Å². The Balaban J connectivity index is 0.00000107. The van der Waals surface area contributed by atoms with Crippen LogP contribution in [0.5, 0.6) is 17.2 Å². The molecule has 246 valence electrons. The van der Waals surface area contributed by atoms with Crippen LogP contribution in [0.4, 0.5) is 5.13 Å². The molecule has 1 heterocycles. The van der Waals surface area contributed by atoms with Crippen molar-refractivity contribution in [2.45, 2.75) is 66.8 Å². The number of anilines is 1. The molecule has 3 aromatic rings. The fraction of sp³-hybridized carbons (Fsp3) is 0.419. The average molecular weight is 663 g/mol. The molecule has 1 amide bonds. The second kappa shape index (κ2) is 19.0. The Morgan fingerprint density at radius 1 is 0.933 bits per heavy atom. The molecule has 0 radical (unpaired) electrons. The Labute approximate surface area is 268 Å². The summed E-state index contributed by atoms with van der Waals surface area (Å²) in [7, 11) is -3.53. The maximum absolute atomic E-state index is 13.5. The maximum atomic E-state index is 13.5. The summed E-state index contributed by atoms with van der Waals surface area (Å²) < 4.78 is 35.4. The summed E-state index contributed by atoms with van der Waals surface area (Å²) in [6.07, 6.45) is 2.12. The van der Waals surface area contributed by atoms with Crippen molar-refractivity contribution in [1.82, 2.24) is 15.2 Å². The molecule has 0 spiro atoms. The highest BCUT2D eigenvalue weighted by atomic mass is 32.1. The van der Waals surface area contributed by atoms with Crippen LogP contribution in [0, 0.1) is 0 Å². The smallest absolute Gasteiger partial charge is 0.320 e. The van der Waals surface area contributed by atoms with Gasteiger partial charge in [0.2, 0.25) is 7.44 Å². The normalized spacial score (nSPS) is 12.2. The van der Waals surface area contributed by atoms with Crippen molar-refractivity contribution in [1.29, 1.82) is 0 Å². The molecule has 0 aliphatic heterocycles. The van der Waals surface area contributed by atoms with E-state index in [0.29, 0.717) is 45.6 Å². The first-order valence-electron chi connectivity index (χ1n) is 14.5. The van der Waals surface area contributed by atoms with Gasteiger partial charge in [-0.1, -0.05) is 0 Å². The summed E-state index contributed by atoms with van der Waals surface area (Å²) in [6, 6.07) is 11.1. The zero-order valence-electron chi connectivity index (χ0n) is 26.7. The van der Waals surface area contributed by atoms with Gasteiger partial charge in [-0.3, -0.25) is 19.5 Å². The molecule has 0 bridgehead atoms. The summed E-state index contributed by atoms with van der Waals surface area (Å²) in [5, 5.41) is 10.6. The minimum Gasteiger partial charge on any atom is -0.491 e. The van der Waals surface area contributed by atoms with Crippen LogP contribution in [-0.2, 0) is 23.6 Å². The lowest BCUT2D eigenvalue weighted by Gasteiger charge is -2.20. The number of aldehydes is 1. The molecule has 1 aromatic heterocycles. The number of amides is 1. The number of ether oxygens (including phenoxy) is 4. The van der Waals surface area contributed by atoms with Crippen LogP contribution < -0.4 is 30.3 Å². The molecule has 0 aliphatic carbocycles. The van der Waals surface area contributed by atoms with Crippen molar-refractivity contribution in [2.24, 2.45) is 0 Å². The predicted octanol–water partition coefficient (Wildman–Crippen LogP) is 5.55. The van der Waals surface area contributed by atoms with Gasteiger partial charge in [0.25, 0.3) is 5.91 Å². The molecule has 0 saturated carbocycles. The van der Waals surface area contributed by atoms with Crippen molar-refractivity contribution in [3.63, 3.8) is 0 Å². The van der Waals surface area contributed by atoms with Crippen LogP contribution >= 0.6 is 18.8 Å². The average Bonchev–Trinajstić information content (AvgIpc) is 3.48. The van der Waals surface area contributed by atoms with E-state index in [1.165, 1.54) is 11.3 Å². The van der Waals surface area contributed by atoms with Crippen LogP contribution in [0.2, 0.25) is 0 Å². The number of thiazole rings is 1. The molecule has 14 heteroatoms. The van der Waals surface area contributed by atoms with E-state index in [1.807, 2.05) is 34.6 Å². The number of carbonyl (C=O) groups excluding carboxylic acids is 3. The molecule has 3 N–H and O–H groups in total. The van der Waals surface area contributed by atoms with Gasteiger partial charge in [0, 0.05) is 35.1 Å². The third kappa shape index (κ3) is 13.9. The lowest BCUT2D eigenvalue weighted by Crippen LogP contribution is -2.35. The first-order valence-corrected chi connectivity index (χ1v) is 17.1. The van der Waals surface area contributed by atoms with E-state index < -0.39 is 13.4 Å². The van der Waals surface area contributed by atoms with E-state index in [9.17, 15) is 18.9 Å². The Morgan fingerprint density at radius 2 is 1.62 bits per heavy atom. The second-order valence-corrected chi connectivity index (χ2v) is 13.5. The Kier molecular flexibility index (Phi) is 15.9. The third-order valence-corrected chi connectivity index (χ3v) is 8.26. The number of aromatic nitrogens is 1. The van der Waals surface area contributed by atoms with E-state index in [4.69, 9.17) is 18.9 Å². The van der Waals surface area contributed by atoms with Gasteiger partial charge in [-0.15, -0.1) is 11.3 Å². The highest BCUT2D eigenvalue weighted by Gasteiger charge is 2.25. The minimum absolute atomic E-state index is 0.132. The number of nitrogens with one attached hydrogen (secondary N) is 3. The number of benzene rings is 2. The number of nitrogens with zero attached hydrogens (tertiary/aromatic N) is 1. The van der Waals surface area contributed by atoms with Gasteiger partial charge in [0.15, 0.2) is 5.13 Å². The molecule has 0 saturated heterocycles. The van der Waals surface area contributed by atoms with Crippen LogP contribution in [0.3, 0.4) is 0 Å². The Bertz CT molecular complexity index is 1400. The quantitative estimate of drug-likeness (QED) is 0.100. The van der Waals surface area contributed by atoms with E-state index >= 15 is 0 Å². The Hall–Kier alpha value is -3.61. The molecular weight excluding hydrogens is 619 g/mol. The van der Waals surface area contributed by atoms with Gasteiger partial charge in [0.1, 0.15) is 30.1 Å². The molecule has 0 fully saturated rings. The van der Waals surface area contributed by atoms with Crippen molar-refractivity contribution < 1.29 is 37.9 Å². The van der Waals surface area contributed by atoms with Gasteiger partial charge in [-0.25, -0.2) is 15.2 Å². The topological polar surface area (TPSA) is 154 Å². The molecule has 45 heavy (non-hydrogen) atoms. The molecule has 1 unspecified atom stereocenters. The zero-order valence-corrected chi connectivity index (χ0v) is 28.4. The summed E-state index contributed by atoms with van der Waals surface area (Å²) >= 11 is 1.30. The summed E-state index contributed by atoms with van der Waals surface area (Å²) in [5.41, 5.74) is 0.315. The Morgan fingerprint density at radius 3 is 2.16 bits per heavy atom. The third-order valence-electron chi connectivity index (χ3n) is 5.31. The van der Waals surface area contributed by atoms with Gasteiger partial charge in [-0.05, 0) is 84.9 Å². The van der Waals surface area contributed by atoms with Crippen LogP contribution in [0.25, 0.3) is 0 Å². The fourth-order valence-electron chi connectivity index (χ4n) is 3.63. The largest absolute Gasteiger partial charge is 0.491 e. The first-order chi connectivity index (χ1) is 21.3. The molecule has 3 rings (SSSR count). The highest BCUT2D eigenvalue weighted by molar-refractivity contribution is 7.67. The van der Waals surface area contributed by atoms with Crippen molar-refractivity contribution in [2.75, 3.05) is 25.0 Å². The van der Waals surface area contributed by atoms with E-state index in [2.05, 4.69) is 20.5 Å². The summed E-state index contributed by atoms with van der Waals surface area (Å²) in [4.78, 5) is 39.8.